The summed E-state index contributed by atoms with van der Waals surface area (Å²) >= 11 is 0. The summed E-state index contributed by atoms with van der Waals surface area (Å²) in [4.78, 5) is 22.7. The van der Waals surface area contributed by atoms with Crippen LogP contribution in [-0.2, 0) is 4.79 Å². The number of carbonyl (C=O) groups is 1. The van der Waals surface area contributed by atoms with Crippen LogP contribution >= 0.6 is 0 Å². The molecule has 0 bridgehead atoms. The minimum atomic E-state index is -0.894. The highest BCUT2D eigenvalue weighted by Crippen LogP contribution is 2.09. The lowest BCUT2D eigenvalue weighted by molar-refractivity contribution is -0.525. The van der Waals surface area contributed by atoms with Crippen molar-refractivity contribution in [2.24, 2.45) is 5.92 Å². The summed E-state index contributed by atoms with van der Waals surface area (Å²) in [6.07, 6.45) is 7.77. The third kappa shape index (κ3) is 18.3. The van der Waals surface area contributed by atoms with Gasteiger partial charge < -0.3 is 15.7 Å². The summed E-state index contributed by atoms with van der Waals surface area (Å²) < 4.78 is 0. The average Bonchev–Trinajstić information content (AvgIpc) is 2.71. The Labute approximate surface area is 191 Å². The van der Waals surface area contributed by atoms with E-state index in [2.05, 4.69) is 35.9 Å². The molecule has 1 amide bonds. The fourth-order valence-electron chi connectivity index (χ4n) is 3.11. The number of amides is 1. The molecule has 6 N–H and O–H groups in total. The van der Waals surface area contributed by atoms with Crippen LogP contribution in [0, 0.1) is 32.8 Å². The van der Waals surface area contributed by atoms with Gasteiger partial charge in [-0.15, -0.1) is 0 Å². The molecule has 0 aliphatic heterocycles. The maximum Gasteiger partial charge on any atom is 0.251 e. The van der Waals surface area contributed by atoms with Crippen molar-refractivity contribution in [1.29, 1.82) is 10.7 Å². The second kappa shape index (κ2) is 19.3. The predicted octanol–water partition coefficient (Wildman–Crippen LogP) is 2.16. The first-order valence-electron chi connectivity index (χ1n) is 11.6. The Bertz CT molecular complexity index is 581. The van der Waals surface area contributed by atoms with Gasteiger partial charge in [-0.1, -0.05) is 45.0 Å². The fourth-order valence-corrected chi connectivity index (χ4v) is 3.11. The lowest BCUT2D eigenvalue weighted by atomic mass is 10.1. The zero-order valence-electron chi connectivity index (χ0n) is 19.5. The topological polar surface area (TPSA) is 176 Å². The zero-order valence-corrected chi connectivity index (χ0v) is 19.5. The number of carbonyl (C=O) groups excluding carboxylic acids is 1. The Hall–Kier alpha value is -2.45. The van der Waals surface area contributed by atoms with Crippen molar-refractivity contribution in [3.63, 3.8) is 0 Å². The molecule has 184 valence electrons. The normalized spacial score (nSPS) is 12.6. The Morgan fingerprint density at radius 3 is 2.38 bits per heavy atom. The van der Waals surface area contributed by atoms with Crippen molar-refractivity contribution in [3.8, 4) is 6.07 Å². The second-order valence-electron chi connectivity index (χ2n) is 8.35. The van der Waals surface area contributed by atoms with Crippen LogP contribution in [0.4, 0.5) is 0 Å². The third-order valence-electron chi connectivity index (χ3n) is 4.94. The van der Waals surface area contributed by atoms with E-state index in [1.807, 2.05) is 0 Å². The maximum atomic E-state index is 12.4. The van der Waals surface area contributed by atoms with Gasteiger partial charge in [0.1, 0.15) is 6.23 Å². The summed E-state index contributed by atoms with van der Waals surface area (Å²) in [6, 6.07) is 1.65. The van der Waals surface area contributed by atoms with Crippen molar-refractivity contribution in [3.05, 3.63) is 10.1 Å². The highest BCUT2D eigenvalue weighted by molar-refractivity contribution is 5.76. The van der Waals surface area contributed by atoms with Crippen molar-refractivity contribution in [1.82, 2.24) is 21.4 Å². The smallest absolute Gasteiger partial charge is 0.251 e. The molecule has 0 rings (SSSR count). The highest BCUT2D eigenvalue weighted by Gasteiger charge is 2.20. The third-order valence-corrected chi connectivity index (χ3v) is 4.94. The first-order chi connectivity index (χ1) is 15.3. The van der Waals surface area contributed by atoms with Crippen LogP contribution in [0.2, 0.25) is 0 Å². The summed E-state index contributed by atoms with van der Waals surface area (Å²) in [5.74, 6) is -0.0225. The number of unbranched alkanes of at least 4 members (excludes halogenated alkanes) is 6. The number of hydrogen-bond acceptors (Lipinski definition) is 7. The first kappa shape index (κ1) is 29.5. The van der Waals surface area contributed by atoms with Crippen molar-refractivity contribution in [2.75, 3.05) is 13.1 Å². The largest absolute Gasteiger partial charge is 0.376 e. The van der Waals surface area contributed by atoms with Crippen molar-refractivity contribution < 1.29 is 14.9 Å². The van der Waals surface area contributed by atoms with E-state index in [0.29, 0.717) is 44.7 Å². The molecule has 0 aliphatic carbocycles. The number of hydrazine groups is 1. The summed E-state index contributed by atoms with van der Waals surface area (Å²) in [6.45, 7) is 5.12. The van der Waals surface area contributed by atoms with E-state index in [1.54, 1.807) is 5.43 Å². The van der Waals surface area contributed by atoms with Gasteiger partial charge in [0.15, 0.2) is 5.03 Å². The molecule has 1 unspecified atom stereocenters. The number of nitrogens with one attached hydrogen (secondary N) is 5. The quantitative estimate of drug-likeness (QED) is 0.0428. The van der Waals surface area contributed by atoms with E-state index < -0.39 is 23.3 Å². The molecule has 2 atom stereocenters. The average molecular weight is 456 g/mol. The summed E-state index contributed by atoms with van der Waals surface area (Å²) in [7, 11) is 0. The van der Waals surface area contributed by atoms with Crippen molar-refractivity contribution in [2.45, 2.75) is 96.7 Å². The molecule has 0 aliphatic rings. The van der Waals surface area contributed by atoms with Gasteiger partial charge in [0.25, 0.3) is 5.96 Å². The van der Waals surface area contributed by atoms with Crippen LogP contribution in [0.3, 0.4) is 0 Å². The van der Waals surface area contributed by atoms with Crippen LogP contribution in [0.1, 0.15) is 84.5 Å². The Kier molecular flexibility index (Phi) is 17.8. The van der Waals surface area contributed by atoms with Crippen LogP contribution in [0.25, 0.3) is 0 Å². The molecule has 0 saturated heterocycles. The minimum absolute atomic E-state index is 0.111. The zero-order chi connectivity index (χ0) is 24.2. The lowest BCUT2D eigenvalue weighted by Crippen LogP contribution is -2.50. The Morgan fingerprint density at radius 1 is 1.09 bits per heavy atom. The highest BCUT2D eigenvalue weighted by atomic mass is 16.7. The molecule has 0 fully saturated rings. The summed E-state index contributed by atoms with van der Waals surface area (Å²) in [5, 5.41) is 44.4. The Morgan fingerprint density at radius 2 is 1.75 bits per heavy atom. The van der Waals surface area contributed by atoms with Crippen LogP contribution in [-0.4, -0.2) is 47.4 Å². The molecular weight excluding hydrogens is 414 g/mol. The van der Waals surface area contributed by atoms with Gasteiger partial charge in [-0.3, -0.25) is 15.5 Å². The van der Waals surface area contributed by atoms with E-state index in [-0.39, 0.29) is 5.91 Å². The molecule has 11 heteroatoms. The lowest BCUT2D eigenvalue weighted by Gasteiger charge is -2.25. The molecule has 0 heterocycles. The number of nitrogens with zero attached hydrogens (tertiary/aromatic N) is 2. The molecule has 11 nitrogen and oxygen atoms in total. The van der Waals surface area contributed by atoms with Gasteiger partial charge in [-0.05, 0) is 44.6 Å². The summed E-state index contributed by atoms with van der Waals surface area (Å²) in [5.41, 5.74) is 1.72. The second-order valence-corrected chi connectivity index (χ2v) is 8.35. The number of guanidine groups is 1. The van der Waals surface area contributed by atoms with Crippen LogP contribution < -0.4 is 21.4 Å². The van der Waals surface area contributed by atoms with E-state index in [9.17, 15) is 20.0 Å². The predicted molar refractivity (Wildman–Crippen MR) is 123 cm³/mol. The van der Waals surface area contributed by atoms with Gasteiger partial charge >= 0.3 is 0 Å². The monoisotopic (exact) mass is 455 g/mol. The number of aliphatic hydroxyl groups is 1. The molecule has 0 saturated carbocycles. The number of hydrogen-bond donors (Lipinski definition) is 6. The maximum absolute atomic E-state index is 12.4. The van der Waals surface area contributed by atoms with Gasteiger partial charge in [0, 0.05) is 19.4 Å². The van der Waals surface area contributed by atoms with Crippen molar-refractivity contribution >= 4 is 11.9 Å². The molecular formula is C21H41N7O4. The van der Waals surface area contributed by atoms with E-state index in [1.165, 1.54) is 0 Å². The molecule has 0 aromatic heterocycles. The fraction of sp³-hybridized carbons (Fsp3) is 0.857. The first-order valence-corrected chi connectivity index (χ1v) is 11.6. The number of nitriles is 1. The Balaban J connectivity index is 4.35. The molecule has 32 heavy (non-hydrogen) atoms. The van der Waals surface area contributed by atoms with E-state index >= 15 is 0 Å². The standard InChI is InChI=1S/C21H41N7O4/c1-17(2)13-16-24-20(30)18(11-10-15-25-21(23)27-28(31)32)26-19(29)12-8-6-4-3-5-7-9-14-22/h17-18,20,24,30H,3-13,15-16H2,1-2H3,(H,26,29)(H3,23,25,27)/t18-,20?/m0/s1. The molecule has 0 spiro atoms. The minimum Gasteiger partial charge on any atom is -0.376 e. The molecule has 0 aromatic carbocycles. The van der Waals surface area contributed by atoms with E-state index in [0.717, 1.165) is 44.9 Å². The number of aliphatic hydroxyl groups excluding tert-OH is 1. The van der Waals surface area contributed by atoms with E-state index in [4.69, 9.17) is 10.7 Å². The molecule has 0 aromatic rings. The van der Waals surface area contributed by atoms with Crippen LogP contribution in [0.15, 0.2) is 0 Å². The molecule has 0 radical (unpaired) electrons. The van der Waals surface area contributed by atoms with Gasteiger partial charge in [-0.25, -0.2) is 10.1 Å². The van der Waals surface area contributed by atoms with Crippen LogP contribution in [0.5, 0.6) is 0 Å². The van der Waals surface area contributed by atoms with Gasteiger partial charge in [0.2, 0.25) is 5.91 Å². The van der Waals surface area contributed by atoms with Gasteiger partial charge in [-0.2, -0.15) is 5.26 Å². The number of nitro groups is 1. The SMILES string of the molecule is CC(C)CCNC(O)[C@H](CCCNC(=N)N[N+](=O)[O-])NC(=O)CCCCCCCCC#N. The number of rotatable bonds is 19. The van der Waals surface area contributed by atoms with Gasteiger partial charge in [0.05, 0.1) is 12.1 Å².